The smallest absolute Gasteiger partial charge is 0.232 e. The van der Waals surface area contributed by atoms with Crippen LogP contribution in [0.5, 0.6) is 0 Å². The maximum absolute atomic E-state index is 12.0. The molecule has 2 aliphatic heterocycles. The number of piperidine rings is 1. The lowest BCUT2D eigenvalue weighted by molar-refractivity contribution is 0.0875. The summed E-state index contributed by atoms with van der Waals surface area (Å²) in [6.07, 6.45) is 3.88. The molecule has 3 atom stereocenters. The van der Waals surface area contributed by atoms with Crippen LogP contribution in [-0.4, -0.2) is 50.4 Å². The summed E-state index contributed by atoms with van der Waals surface area (Å²) < 4.78 is 25.5. The molecule has 1 fully saturated rings. The van der Waals surface area contributed by atoms with Crippen LogP contribution in [0, 0.1) is 5.92 Å². The highest BCUT2D eigenvalue weighted by molar-refractivity contribution is 7.92. The highest BCUT2D eigenvalue weighted by Crippen LogP contribution is 2.36. The van der Waals surface area contributed by atoms with E-state index in [0.717, 1.165) is 29.9 Å². The Labute approximate surface area is 145 Å². The zero-order chi connectivity index (χ0) is 17.5. The number of nitrogens with zero attached hydrogens (tertiary/aromatic N) is 2. The number of hydrogen-bond donors (Lipinski definition) is 1. The van der Waals surface area contributed by atoms with Gasteiger partial charge in [0.15, 0.2) is 0 Å². The summed E-state index contributed by atoms with van der Waals surface area (Å²) in [5.41, 5.74) is 2.65. The summed E-state index contributed by atoms with van der Waals surface area (Å²) in [5.74, 6) is 0.690. The number of β-amino-alcohol motifs (C(OH)–C–C–N with tert-alkyl or cyclic N) is 1. The molecule has 0 radical (unpaired) electrons. The number of aliphatic hydroxyl groups excluding tert-OH is 1. The maximum atomic E-state index is 12.0. The van der Waals surface area contributed by atoms with E-state index in [-0.39, 0.29) is 6.04 Å². The molecular formula is C18H28N2O3S. The Morgan fingerprint density at radius 2 is 2.08 bits per heavy atom. The van der Waals surface area contributed by atoms with Crippen molar-refractivity contribution in [2.75, 3.05) is 30.2 Å². The molecule has 5 nitrogen and oxygen atoms in total. The summed E-state index contributed by atoms with van der Waals surface area (Å²) in [7, 11) is -3.26. The van der Waals surface area contributed by atoms with Crippen LogP contribution in [-0.2, 0) is 16.4 Å². The van der Waals surface area contributed by atoms with E-state index in [4.69, 9.17) is 0 Å². The van der Waals surface area contributed by atoms with Crippen molar-refractivity contribution in [1.29, 1.82) is 0 Å². The maximum Gasteiger partial charge on any atom is 0.232 e. The minimum Gasteiger partial charge on any atom is -0.387 e. The normalized spacial score (nSPS) is 26.4. The van der Waals surface area contributed by atoms with Crippen LogP contribution in [0.25, 0.3) is 0 Å². The number of anilines is 1. The average molecular weight is 353 g/mol. The lowest BCUT2D eigenvalue weighted by Crippen LogP contribution is -2.37. The monoisotopic (exact) mass is 352 g/mol. The number of likely N-dealkylation sites (tertiary alicyclic amines) is 1. The summed E-state index contributed by atoms with van der Waals surface area (Å²) in [6, 6.07) is 5.63. The van der Waals surface area contributed by atoms with E-state index in [1.54, 1.807) is 0 Å². The molecule has 0 aliphatic carbocycles. The molecule has 2 aliphatic rings. The second-order valence-corrected chi connectivity index (χ2v) is 9.38. The van der Waals surface area contributed by atoms with Gasteiger partial charge in [0, 0.05) is 19.1 Å². The SMILES string of the molecule is C[C@@H]1CCCN(C[C@H](O)c2ccc3c(c2)C[C@H](C)N3S(C)(=O)=O)C1. The van der Waals surface area contributed by atoms with Crippen molar-refractivity contribution in [3.63, 3.8) is 0 Å². The Bertz CT molecular complexity index is 704. The molecule has 1 aromatic carbocycles. The molecule has 0 unspecified atom stereocenters. The molecule has 1 saturated heterocycles. The van der Waals surface area contributed by atoms with E-state index in [1.165, 1.54) is 23.4 Å². The molecule has 6 heteroatoms. The van der Waals surface area contributed by atoms with Gasteiger partial charge in [-0.3, -0.25) is 4.31 Å². The van der Waals surface area contributed by atoms with E-state index in [9.17, 15) is 13.5 Å². The van der Waals surface area contributed by atoms with Crippen molar-refractivity contribution >= 4 is 15.7 Å². The van der Waals surface area contributed by atoms with E-state index >= 15 is 0 Å². The summed E-state index contributed by atoms with van der Waals surface area (Å²) in [4.78, 5) is 2.33. The third-order valence-electron chi connectivity index (χ3n) is 5.17. The van der Waals surface area contributed by atoms with Crippen molar-refractivity contribution in [1.82, 2.24) is 4.90 Å². The van der Waals surface area contributed by atoms with Gasteiger partial charge in [-0.2, -0.15) is 0 Å². The molecule has 0 saturated carbocycles. The highest BCUT2D eigenvalue weighted by atomic mass is 32.2. The fourth-order valence-corrected chi connectivity index (χ4v) is 5.40. The summed E-state index contributed by atoms with van der Waals surface area (Å²) in [5, 5.41) is 10.6. The van der Waals surface area contributed by atoms with Gasteiger partial charge in [-0.05, 0) is 55.8 Å². The molecule has 134 valence electrons. The molecule has 2 heterocycles. The van der Waals surface area contributed by atoms with Crippen molar-refractivity contribution in [2.45, 2.75) is 45.3 Å². The molecule has 0 aromatic heterocycles. The Balaban J connectivity index is 1.76. The Kier molecular flexibility index (Phi) is 4.91. The minimum atomic E-state index is -3.26. The fraction of sp³-hybridized carbons (Fsp3) is 0.667. The van der Waals surface area contributed by atoms with Gasteiger partial charge in [-0.25, -0.2) is 8.42 Å². The lowest BCUT2D eigenvalue weighted by Gasteiger charge is -2.32. The zero-order valence-corrected chi connectivity index (χ0v) is 15.6. The number of aliphatic hydroxyl groups is 1. The van der Waals surface area contributed by atoms with Crippen molar-refractivity contribution in [3.8, 4) is 0 Å². The first kappa shape index (κ1) is 17.7. The van der Waals surface area contributed by atoms with Crippen LogP contribution in [0.15, 0.2) is 18.2 Å². The van der Waals surface area contributed by atoms with Crippen molar-refractivity contribution in [2.24, 2.45) is 5.92 Å². The van der Waals surface area contributed by atoms with Gasteiger partial charge in [0.1, 0.15) is 0 Å². The van der Waals surface area contributed by atoms with E-state index in [0.29, 0.717) is 18.9 Å². The molecule has 0 spiro atoms. The number of rotatable bonds is 4. The van der Waals surface area contributed by atoms with Crippen molar-refractivity contribution in [3.05, 3.63) is 29.3 Å². The first-order chi connectivity index (χ1) is 11.3. The third kappa shape index (κ3) is 3.60. The highest BCUT2D eigenvalue weighted by Gasteiger charge is 2.33. The van der Waals surface area contributed by atoms with Gasteiger partial charge in [-0.15, -0.1) is 0 Å². The van der Waals surface area contributed by atoms with Gasteiger partial charge >= 0.3 is 0 Å². The molecule has 0 amide bonds. The predicted octanol–water partition coefficient (Wildman–Crippen LogP) is 2.16. The molecule has 1 aromatic rings. The number of hydrogen-bond acceptors (Lipinski definition) is 4. The number of benzene rings is 1. The summed E-state index contributed by atoms with van der Waals surface area (Å²) >= 11 is 0. The van der Waals surface area contributed by atoms with Gasteiger partial charge < -0.3 is 10.0 Å². The Hall–Kier alpha value is -1.11. The summed E-state index contributed by atoms with van der Waals surface area (Å²) in [6.45, 7) is 6.92. The van der Waals surface area contributed by atoms with E-state index < -0.39 is 16.1 Å². The molecule has 0 bridgehead atoms. The van der Waals surface area contributed by atoms with E-state index in [1.807, 2.05) is 25.1 Å². The minimum absolute atomic E-state index is 0.0645. The molecule has 1 N–H and O–H groups in total. The lowest BCUT2D eigenvalue weighted by atomic mass is 9.98. The van der Waals surface area contributed by atoms with Crippen LogP contribution in [0.3, 0.4) is 0 Å². The zero-order valence-electron chi connectivity index (χ0n) is 14.8. The quantitative estimate of drug-likeness (QED) is 0.902. The third-order valence-corrected chi connectivity index (χ3v) is 6.44. The van der Waals surface area contributed by atoms with Crippen molar-refractivity contribution < 1.29 is 13.5 Å². The van der Waals surface area contributed by atoms with Crippen LogP contribution in [0.4, 0.5) is 5.69 Å². The fourth-order valence-electron chi connectivity index (χ4n) is 4.14. The van der Waals surface area contributed by atoms with Crippen LogP contribution in [0.2, 0.25) is 0 Å². The van der Waals surface area contributed by atoms with E-state index in [2.05, 4.69) is 11.8 Å². The Morgan fingerprint density at radius 3 is 2.75 bits per heavy atom. The second kappa shape index (κ2) is 6.65. The standard InChI is InChI=1S/C18H28N2O3S/c1-13-5-4-8-19(11-13)12-18(21)15-6-7-17-16(10-15)9-14(2)20(17)24(3,22)23/h6-7,10,13-14,18,21H,4-5,8-9,11-12H2,1-3H3/t13-,14+,18+/m1/s1. The topological polar surface area (TPSA) is 60.9 Å². The Morgan fingerprint density at radius 1 is 1.33 bits per heavy atom. The molecular weight excluding hydrogens is 324 g/mol. The number of sulfonamides is 1. The van der Waals surface area contributed by atoms with Crippen LogP contribution >= 0.6 is 0 Å². The van der Waals surface area contributed by atoms with Gasteiger partial charge in [0.25, 0.3) is 0 Å². The largest absolute Gasteiger partial charge is 0.387 e. The second-order valence-electron chi connectivity index (χ2n) is 7.52. The van der Waals surface area contributed by atoms with Crippen LogP contribution in [0.1, 0.15) is 43.9 Å². The average Bonchev–Trinajstić information content (AvgIpc) is 2.81. The van der Waals surface area contributed by atoms with Gasteiger partial charge in [-0.1, -0.05) is 19.1 Å². The first-order valence-electron chi connectivity index (χ1n) is 8.78. The first-order valence-corrected chi connectivity index (χ1v) is 10.6. The number of fused-ring (bicyclic) bond motifs is 1. The molecule has 3 rings (SSSR count). The van der Waals surface area contributed by atoms with Gasteiger partial charge in [0.05, 0.1) is 18.0 Å². The molecule has 24 heavy (non-hydrogen) atoms. The van der Waals surface area contributed by atoms with Gasteiger partial charge in [0.2, 0.25) is 10.0 Å². The van der Waals surface area contributed by atoms with Crippen LogP contribution < -0.4 is 4.31 Å². The predicted molar refractivity (Wildman–Crippen MR) is 96.7 cm³/mol.